The van der Waals surface area contributed by atoms with Crippen molar-refractivity contribution in [1.29, 1.82) is 0 Å². The van der Waals surface area contributed by atoms with Crippen molar-refractivity contribution >= 4 is 11.9 Å². The summed E-state index contributed by atoms with van der Waals surface area (Å²) < 4.78 is 10.3. The van der Waals surface area contributed by atoms with E-state index in [1.165, 1.54) is 64.2 Å². The summed E-state index contributed by atoms with van der Waals surface area (Å²) in [6, 6.07) is 0. The molecule has 0 saturated carbocycles. The molecule has 0 aliphatic heterocycles. The lowest BCUT2D eigenvalue weighted by molar-refractivity contribution is -0.146. The molecule has 0 N–H and O–H groups in total. The van der Waals surface area contributed by atoms with E-state index in [0.29, 0.717) is 13.2 Å². The van der Waals surface area contributed by atoms with Crippen molar-refractivity contribution in [3.8, 4) is 0 Å². The number of carbonyl (C=O) groups is 2. The summed E-state index contributed by atoms with van der Waals surface area (Å²) in [6.45, 7) is 8.89. The van der Waals surface area contributed by atoms with Gasteiger partial charge in [0.25, 0.3) is 0 Å². The van der Waals surface area contributed by atoms with Gasteiger partial charge in [-0.2, -0.15) is 0 Å². The van der Waals surface area contributed by atoms with Gasteiger partial charge in [-0.25, -0.2) is 4.79 Å². The molecule has 0 aromatic carbocycles. The molecule has 0 heterocycles. The summed E-state index contributed by atoms with van der Waals surface area (Å²) >= 11 is 0. The fourth-order valence-corrected chi connectivity index (χ4v) is 2.87. The maximum atomic E-state index is 11.8. The average Bonchev–Trinajstić information content (AvgIpc) is 2.65. The van der Waals surface area contributed by atoms with Crippen molar-refractivity contribution in [3.05, 3.63) is 12.2 Å². The molecule has 0 bridgehead atoms. The van der Waals surface area contributed by atoms with Crippen molar-refractivity contribution in [2.24, 2.45) is 0 Å². The van der Waals surface area contributed by atoms with E-state index in [4.69, 9.17) is 9.47 Å². The van der Waals surface area contributed by atoms with Crippen LogP contribution in [0.4, 0.5) is 0 Å². The van der Waals surface area contributed by atoms with E-state index in [2.05, 4.69) is 20.4 Å². The Morgan fingerprint density at radius 1 is 0.630 bits per heavy atom. The van der Waals surface area contributed by atoms with Gasteiger partial charge in [0, 0.05) is 5.57 Å². The quantitative estimate of drug-likeness (QED) is 0.145. The topological polar surface area (TPSA) is 52.6 Å². The van der Waals surface area contributed by atoms with Crippen LogP contribution >= 0.6 is 0 Å². The molecular weight excluding hydrogens is 340 g/mol. The van der Waals surface area contributed by atoms with E-state index in [0.717, 1.165) is 25.7 Å². The van der Waals surface area contributed by atoms with Gasteiger partial charge in [-0.1, -0.05) is 97.5 Å². The minimum atomic E-state index is -0.478. The molecule has 0 radical (unpaired) electrons. The van der Waals surface area contributed by atoms with Gasteiger partial charge in [0.2, 0.25) is 0 Å². The third-order valence-corrected chi connectivity index (χ3v) is 4.64. The normalized spacial score (nSPS) is 10.6. The molecule has 0 aliphatic rings. The summed E-state index contributed by atoms with van der Waals surface area (Å²) in [5.74, 6) is -0.868. The lowest BCUT2D eigenvalue weighted by atomic mass is 10.1. The molecule has 27 heavy (non-hydrogen) atoms. The predicted octanol–water partition coefficient (Wildman–Crippen LogP) is 6.52. The maximum Gasteiger partial charge on any atom is 0.333 e. The van der Waals surface area contributed by atoms with Crippen LogP contribution < -0.4 is 0 Å². The Labute approximate surface area is 167 Å². The van der Waals surface area contributed by atoms with Crippen LogP contribution in [0.5, 0.6) is 0 Å². The summed E-state index contributed by atoms with van der Waals surface area (Å²) in [5.41, 5.74) is 0.183. The van der Waals surface area contributed by atoms with Crippen LogP contribution in [0.15, 0.2) is 12.2 Å². The van der Waals surface area contributed by atoms with Gasteiger partial charge in [0.05, 0.1) is 19.6 Å². The smallest absolute Gasteiger partial charge is 0.333 e. The van der Waals surface area contributed by atoms with E-state index >= 15 is 0 Å². The van der Waals surface area contributed by atoms with E-state index in [1.807, 2.05) is 0 Å². The van der Waals surface area contributed by atoms with Crippen LogP contribution in [0.25, 0.3) is 0 Å². The van der Waals surface area contributed by atoms with Gasteiger partial charge in [-0.05, 0) is 12.8 Å². The Kier molecular flexibility index (Phi) is 18.5. The van der Waals surface area contributed by atoms with Crippen LogP contribution in [-0.2, 0) is 19.1 Å². The van der Waals surface area contributed by atoms with Gasteiger partial charge in [0.1, 0.15) is 0 Å². The maximum absolute atomic E-state index is 11.8. The van der Waals surface area contributed by atoms with Crippen molar-refractivity contribution in [2.45, 2.75) is 110 Å². The second-order valence-electron chi connectivity index (χ2n) is 7.38. The molecule has 0 atom stereocenters. The fourth-order valence-electron chi connectivity index (χ4n) is 2.87. The highest BCUT2D eigenvalue weighted by Gasteiger charge is 2.14. The van der Waals surface area contributed by atoms with Gasteiger partial charge >= 0.3 is 11.9 Å². The van der Waals surface area contributed by atoms with Crippen LogP contribution in [-0.4, -0.2) is 25.2 Å². The molecule has 0 unspecified atom stereocenters. The van der Waals surface area contributed by atoms with Crippen molar-refractivity contribution in [1.82, 2.24) is 0 Å². The van der Waals surface area contributed by atoms with Gasteiger partial charge in [0.15, 0.2) is 0 Å². The van der Waals surface area contributed by atoms with E-state index in [9.17, 15) is 9.59 Å². The first-order valence-corrected chi connectivity index (χ1v) is 11.1. The summed E-state index contributed by atoms with van der Waals surface area (Å²) in [4.78, 5) is 23.6. The molecule has 0 spiro atoms. The van der Waals surface area contributed by atoms with Gasteiger partial charge in [-0.15, -0.1) is 0 Å². The average molecular weight is 383 g/mol. The number of ether oxygens (including phenoxy) is 2. The summed E-state index contributed by atoms with van der Waals surface area (Å²) in [7, 11) is 0. The lowest BCUT2D eigenvalue weighted by Gasteiger charge is -2.08. The van der Waals surface area contributed by atoms with E-state index in [1.54, 1.807) is 0 Å². The SMILES string of the molecule is C=C(CC(=O)OCCCCCCCCC)C(=O)OCCCCCCCCC. The molecular formula is C23H42O4. The Balaban J connectivity index is 3.54. The van der Waals surface area contributed by atoms with Crippen molar-refractivity contribution in [3.63, 3.8) is 0 Å². The summed E-state index contributed by atoms with van der Waals surface area (Å²) in [6.07, 6.45) is 16.4. The highest BCUT2D eigenvalue weighted by molar-refractivity contribution is 5.93. The molecule has 0 aromatic rings. The monoisotopic (exact) mass is 382 g/mol. The first-order chi connectivity index (χ1) is 13.1. The number of carbonyl (C=O) groups excluding carboxylic acids is 2. The number of hydrogen-bond donors (Lipinski definition) is 0. The van der Waals surface area contributed by atoms with Crippen LogP contribution in [0.1, 0.15) is 110 Å². The Morgan fingerprint density at radius 2 is 1.04 bits per heavy atom. The second-order valence-corrected chi connectivity index (χ2v) is 7.38. The van der Waals surface area contributed by atoms with Gasteiger partial charge < -0.3 is 9.47 Å². The summed E-state index contributed by atoms with van der Waals surface area (Å²) in [5, 5.41) is 0. The number of hydrogen-bond acceptors (Lipinski definition) is 4. The predicted molar refractivity (Wildman–Crippen MR) is 112 cm³/mol. The third kappa shape index (κ3) is 17.8. The third-order valence-electron chi connectivity index (χ3n) is 4.64. The molecule has 158 valence electrons. The van der Waals surface area contributed by atoms with Crippen molar-refractivity contribution < 1.29 is 19.1 Å². The zero-order chi connectivity index (χ0) is 20.2. The number of esters is 2. The number of unbranched alkanes of at least 4 members (excludes halogenated alkanes) is 12. The molecule has 0 aliphatic carbocycles. The largest absolute Gasteiger partial charge is 0.465 e. The molecule has 0 amide bonds. The van der Waals surface area contributed by atoms with Crippen LogP contribution in [0, 0.1) is 0 Å². The number of rotatable bonds is 19. The first kappa shape index (κ1) is 25.7. The zero-order valence-corrected chi connectivity index (χ0v) is 17.9. The Hall–Kier alpha value is -1.32. The minimum absolute atomic E-state index is 0.0770. The molecule has 4 nitrogen and oxygen atoms in total. The fraction of sp³-hybridized carbons (Fsp3) is 0.826. The van der Waals surface area contributed by atoms with E-state index < -0.39 is 5.97 Å². The molecule has 0 saturated heterocycles. The standard InChI is InChI=1S/C23H42O4/c1-4-6-8-10-12-14-16-18-26-22(24)20-21(3)23(25)27-19-17-15-13-11-9-7-5-2/h3-20H2,1-2H3. The zero-order valence-electron chi connectivity index (χ0n) is 17.9. The highest BCUT2D eigenvalue weighted by Crippen LogP contribution is 2.09. The van der Waals surface area contributed by atoms with E-state index in [-0.39, 0.29) is 18.0 Å². The second kappa shape index (κ2) is 19.4. The van der Waals surface area contributed by atoms with Gasteiger partial charge in [-0.3, -0.25) is 4.79 Å². The lowest BCUT2D eigenvalue weighted by Crippen LogP contribution is -2.14. The molecule has 4 heteroatoms. The first-order valence-electron chi connectivity index (χ1n) is 11.1. The molecule has 0 rings (SSSR count). The van der Waals surface area contributed by atoms with Crippen LogP contribution in [0.3, 0.4) is 0 Å². The molecule has 0 aromatic heterocycles. The highest BCUT2D eigenvalue weighted by atomic mass is 16.5. The molecule has 0 fully saturated rings. The Morgan fingerprint density at radius 3 is 1.52 bits per heavy atom. The van der Waals surface area contributed by atoms with Crippen molar-refractivity contribution in [2.75, 3.05) is 13.2 Å². The minimum Gasteiger partial charge on any atom is -0.465 e. The van der Waals surface area contributed by atoms with Crippen LogP contribution in [0.2, 0.25) is 0 Å². The Bertz CT molecular complexity index is 390.